The second-order valence-electron chi connectivity index (χ2n) is 7.43. The highest BCUT2D eigenvalue weighted by Gasteiger charge is 2.25. The zero-order valence-electron chi connectivity index (χ0n) is 15.3. The largest absolute Gasteiger partial charge is 0.356 e. The second kappa shape index (κ2) is 6.71. The molecule has 0 unspecified atom stereocenters. The first kappa shape index (κ1) is 17.0. The van der Waals surface area contributed by atoms with Crippen LogP contribution >= 0.6 is 0 Å². The number of nitrogens with zero attached hydrogens (tertiary/aromatic N) is 6. The van der Waals surface area contributed by atoms with Gasteiger partial charge in [0.1, 0.15) is 5.82 Å². The van der Waals surface area contributed by atoms with Crippen LogP contribution in [-0.4, -0.2) is 43.3 Å². The molecule has 1 saturated carbocycles. The van der Waals surface area contributed by atoms with Gasteiger partial charge in [0.25, 0.3) is 5.56 Å². The molecule has 1 N–H and O–H groups in total. The predicted molar refractivity (Wildman–Crippen MR) is 97.1 cm³/mol. The molecule has 2 aliphatic rings. The molecule has 1 aliphatic heterocycles. The van der Waals surface area contributed by atoms with Gasteiger partial charge in [-0.2, -0.15) is 0 Å². The predicted octanol–water partition coefficient (Wildman–Crippen LogP) is -0.546. The number of aromatic nitrogens is 5. The van der Waals surface area contributed by atoms with Crippen molar-refractivity contribution in [1.29, 1.82) is 0 Å². The van der Waals surface area contributed by atoms with Gasteiger partial charge in [0.2, 0.25) is 0 Å². The lowest BCUT2D eigenvalue weighted by molar-refractivity contribution is 0.542. The quantitative estimate of drug-likeness (QED) is 0.745. The Hall–Kier alpha value is -2.42. The average molecular weight is 359 g/mol. The highest BCUT2D eigenvalue weighted by molar-refractivity contribution is 5.40. The second-order valence-corrected chi connectivity index (χ2v) is 7.43. The van der Waals surface area contributed by atoms with Gasteiger partial charge in [0.15, 0.2) is 0 Å². The van der Waals surface area contributed by atoms with Crippen molar-refractivity contribution in [1.82, 2.24) is 29.4 Å². The Balaban J connectivity index is 1.36. The molecule has 0 bridgehead atoms. The minimum Gasteiger partial charge on any atom is -0.356 e. The molecule has 140 valence electrons. The van der Waals surface area contributed by atoms with E-state index in [-0.39, 0.29) is 11.2 Å². The zero-order chi connectivity index (χ0) is 18.3. The third-order valence-electron chi connectivity index (χ3n) is 5.31. The molecule has 9 heteroatoms. The van der Waals surface area contributed by atoms with Crippen LogP contribution in [0.25, 0.3) is 0 Å². The van der Waals surface area contributed by atoms with Gasteiger partial charge < -0.3 is 10.2 Å². The lowest BCUT2D eigenvalue weighted by Crippen LogP contribution is -2.40. The Morgan fingerprint density at radius 1 is 1.19 bits per heavy atom. The van der Waals surface area contributed by atoms with E-state index in [1.165, 1.54) is 30.5 Å². The van der Waals surface area contributed by atoms with Gasteiger partial charge in [-0.25, -0.2) is 4.79 Å². The summed E-state index contributed by atoms with van der Waals surface area (Å²) in [4.78, 5) is 26.1. The van der Waals surface area contributed by atoms with Crippen molar-refractivity contribution >= 4 is 5.82 Å². The minimum absolute atomic E-state index is 0.271. The van der Waals surface area contributed by atoms with E-state index in [9.17, 15) is 9.59 Å². The molecule has 9 nitrogen and oxygen atoms in total. The van der Waals surface area contributed by atoms with E-state index < -0.39 is 0 Å². The Labute approximate surface area is 151 Å². The van der Waals surface area contributed by atoms with E-state index in [1.54, 1.807) is 7.05 Å². The number of hydrogen-bond acceptors (Lipinski definition) is 6. The van der Waals surface area contributed by atoms with Crippen LogP contribution < -0.4 is 21.5 Å². The summed E-state index contributed by atoms with van der Waals surface area (Å²) in [7, 11) is 3.20. The van der Waals surface area contributed by atoms with E-state index in [2.05, 4.69) is 20.5 Å². The Kier molecular flexibility index (Phi) is 4.39. The Bertz CT molecular complexity index is 909. The topological polar surface area (TPSA) is 90.0 Å². The van der Waals surface area contributed by atoms with E-state index >= 15 is 0 Å². The van der Waals surface area contributed by atoms with Gasteiger partial charge in [-0.1, -0.05) is 5.21 Å². The molecule has 0 radical (unpaired) electrons. The van der Waals surface area contributed by atoms with E-state index in [0.717, 1.165) is 42.2 Å². The molecule has 2 aromatic rings. The van der Waals surface area contributed by atoms with Crippen LogP contribution in [0.5, 0.6) is 0 Å². The van der Waals surface area contributed by atoms with Crippen molar-refractivity contribution in [2.75, 3.05) is 18.0 Å². The molecule has 26 heavy (non-hydrogen) atoms. The van der Waals surface area contributed by atoms with E-state index in [4.69, 9.17) is 0 Å². The molecule has 3 heterocycles. The lowest BCUT2D eigenvalue weighted by Gasteiger charge is -2.21. The monoisotopic (exact) mass is 359 g/mol. The van der Waals surface area contributed by atoms with E-state index in [0.29, 0.717) is 18.4 Å². The van der Waals surface area contributed by atoms with Crippen LogP contribution in [-0.2, 0) is 27.2 Å². The summed E-state index contributed by atoms with van der Waals surface area (Å²) in [6.45, 7) is 3.23. The van der Waals surface area contributed by atoms with Gasteiger partial charge in [0.05, 0.1) is 5.69 Å². The van der Waals surface area contributed by atoms with Crippen LogP contribution in [0.1, 0.15) is 25.0 Å². The molecule has 2 aromatic heterocycles. The van der Waals surface area contributed by atoms with Crippen molar-refractivity contribution < 1.29 is 0 Å². The van der Waals surface area contributed by atoms with Crippen LogP contribution in [0.2, 0.25) is 0 Å². The first-order chi connectivity index (χ1) is 12.5. The number of rotatable bonds is 6. The van der Waals surface area contributed by atoms with Crippen molar-refractivity contribution in [3.8, 4) is 0 Å². The van der Waals surface area contributed by atoms with Crippen molar-refractivity contribution in [2.24, 2.45) is 20.0 Å². The summed E-state index contributed by atoms with van der Waals surface area (Å²) in [5.41, 5.74) is 0.382. The maximum absolute atomic E-state index is 12.1. The van der Waals surface area contributed by atoms with Crippen LogP contribution in [0.3, 0.4) is 0 Å². The zero-order valence-corrected chi connectivity index (χ0v) is 15.3. The summed E-state index contributed by atoms with van der Waals surface area (Å²) in [5, 5.41) is 11.9. The first-order valence-electron chi connectivity index (χ1n) is 9.15. The lowest BCUT2D eigenvalue weighted by atomic mass is 10.2. The van der Waals surface area contributed by atoms with Crippen LogP contribution in [0, 0.1) is 5.92 Å². The summed E-state index contributed by atoms with van der Waals surface area (Å²) < 4.78 is 4.60. The minimum atomic E-state index is -0.295. The highest BCUT2D eigenvalue weighted by Crippen LogP contribution is 2.30. The third kappa shape index (κ3) is 3.44. The van der Waals surface area contributed by atoms with Gasteiger partial charge in [-0.05, 0) is 25.2 Å². The summed E-state index contributed by atoms with van der Waals surface area (Å²) in [6.07, 6.45) is 5.58. The molecule has 2 fully saturated rings. The van der Waals surface area contributed by atoms with Crippen molar-refractivity contribution in [2.45, 2.75) is 38.4 Å². The molecule has 1 atom stereocenters. The smallest absolute Gasteiger partial charge is 0.332 e. The SMILES string of the molecule is Cn1c(N2CC[C@H](NCc3cn(CC4CC4)nn3)C2)cc(=O)n(C)c1=O. The molecular formula is C17H25N7O2. The van der Waals surface area contributed by atoms with Gasteiger partial charge in [-0.15, -0.1) is 5.10 Å². The van der Waals surface area contributed by atoms with Crippen molar-refractivity contribution in [3.05, 3.63) is 38.8 Å². The summed E-state index contributed by atoms with van der Waals surface area (Å²) >= 11 is 0. The fourth-order valence-corrected chi connectivity index (χ4v) is 3.48. The molecule has 4 rings (SSSR count). The summed E-state index contributed by atoms with van der Waals surface area (Å²) in [5.74, 6) is 1.46. The van der Waals surface area contributed by atoms with Gasteiger partial charge >= 0.3 is 5.69 Å². The maximum Gasteiger partial charge on any atom is 0.332 e. The average Bonchev–Trinajstić information content (AvgIpc) is 3.13. The Morgan fingerprint density at radius 2 is 2.00 bits per heavy atom. The molecule has 0 aromatic carbocycles. The molecular weight excluding hydrogens is 334 g/mol. The van der Waals surface area contributed by atoms with Crippen LogP contribution in [0.15, 0.2) is 21.9 Å². The fraction of sp³-hybridized carbons (Fsp3) is 0.647. The molecule has 0 spiro atoms. The van der Waals surface area contributed by atoms with Crippen molar-refractivity contribution in [3.63, 3.8) is 0 Å². The molecule has 1 saturated heterocycles. The standard InChI is InChI=1S/C17H25N7O2/c1-21-15(7-16(25)22(2)17(21)26)23-6-5-13(10-23)18-8-14-11-24(20-19-14)9-12-3-4-12/h7,11-13,18H,3-6,8-10H2,1-2H3/t13-/m0/s1. The van der Waals surface area contributed by atoms with E-state index in [1.807, 2.05) is 10.9 Å². The molecule has 0 amide bonds. The molecule has 1 aliphatic carbocycles. The number of nitrogens with one attached hydrogen (secondary N) is 1. The third-order valence-corrected chi connectivity index (χ3v) is 5.31. The maximum atomic E-state index is 12.1. The highest BCUT2D eigenvalue weighted by atomic mass is 16.2. The Morgan fingerprint density at radius 3 is 2.77 bits per heavy atom. The first-order valence-corrected chi connectivity index (χ1v) is 9.15. The fourth-order valence-electron chi connectivity index (χ4n) is 3.48. The summed E-state index contributed by atoms with van der Waals surface area (Å²) in [6, 6.07) is 1.83. The number of hydrogen-bond donors (Lipinski definition) is 1. The van der Waals surface area contributed by atoms with Gasteiger partial charge in [0, 0.05) is 58.6 Å². The number of anilines is 1. The van der Waals surface area contributed by atoms with Crippen LogP contribution in [0.4, 0.5) is 5.82 Å². The van der Waals surface area contributed by atoms with Gasteiger partial charge in [-0.3, -0.25) is 18.6 Å². The normalized spacial score (nSPS) is 20.1.